The molecule has 2 aliphatic heterocycles. The Bertz CT molecular complexity index is 535. The van der Waals surface area contributed by atoms with E-state index in [2.05, 4.69) is 0 Å². The van der Waals surface area contributed by atoms with Crippen LogP contribution in [0.5, 0.6) is 5.75 Å². The lowest BCUT2D eigenvalue weighted by Crippen LogP contribution is -2.42. The Hall–Kier alpha value is -1.00. The number of rotatable bonds is 3. The van der Waals surface area contributed by atoms with E-state index < -0.39 is 0 Å². The molecule has 0 amide bonds. The number of thioether (sulfide) groups is 1. The van der Waals surface area contributed by atoms with Crippen molar-refractivity contribution >= 4 is 17.5 Å². The van der Waals surface area contributed by atoms with Crippen LogP contribution in [0.25, 0.3) is 0 Å². The molecule has 1 aromatic carbocycles. The maximum absolute atomic E-state index is 12.8. The molecule has 2 atom stereocenters. The van der Waals surface area contributed by atoms with Gasteiger partial charge in [-0.1, -0.05) is 0 Å². The monoisotopic (exact) mass is 306 g/mol. The third-order valence-electron chi connectivity index (χ3n) is 4.61. The van der Waals surface area contributed by atoms with Crippen molar-refractivity contribution in [3.8, 4) is 5.75 Å². The standard InChI is InChI=1S/C17H22O3S/c1-12-9-13(3-4-15(12)19-2)16(18)14-5-7-20-17(10-14)6-8-21-11-17/h3-4,9,14H,5-8,10-11H2,1-2H3. The molecule has 0 saturated carbocycles. The smallest absolute Gasteiger partial charge is 0.166 e. The van der Waals surface area contributed by atoms with Crippen molar-refractivity contribution < 1.29 is 14.3 Å². The zero-order valence-electron chi connectivity index (χ0n) is 12.7. The van der Waals surface area contributed by atoms with Crippen LogP contribution in [0.1, 0.15) is 35.2 Å². The summed E-state index contributed by atoms with van der Waals surface area (Å²) < 4.78 is 11.3. The number of hydrogen-bond acceptors (Lipinski definition) is 4. The summed E-state index contributed by atoms with van der Waals surface area (Å²) in [6, 6.07) is 5.73. The molecule has 0 bridgehead atoms. The molecule has 2 fully saturated rings. The molecule has 2 heterocycles. The first-order valence-electron chi connectivity index (χ1n) is 7.54. The largest absolute Gasteiger partial charge is 0.496 e. The molecular formula is C17H22O3S. The number of Topliss-reactive ketones (excluding diaryl/α,β-unsaturated/α-hetero) is 1. The molecule has 4 heteroatoms. The van der Waals surface area contributed by atoms with Crippen molar-refractivity contribution in [3.05, 3.63) is 29.3 Å². The molecule has 2 unspecified atom stereocenters. The van der Waals surface area contributed by atoms with Crippen LogP contribution in [0.4, 0.5) is 0 Å². The number of methoxy groups -OCH3 is 1. The van der Waals surface area contributed by atoms with E-state index in [1.807, 2.05) is 36.9 Å². The lowest BCUT2D eigenvalue weighted by atomic mass is 9.81. The summed E-state index contributed by atoms with van der Waals surface area (Å²) in [5.41, 5.74) is 1.78. The van der Waals surface area contributed by atoms with Gasteiger partial charge in [0.1, 0.15) is 5.75 Å². The average molecular weight is 306 g/mol. The van der Waals surface area contributed by atoms with E-state index in [4.69, 9.17) is 9.47 Å². The van der Waals surface area contributed by atoms with Crippen molar-refractivity contribution in [2.75, 3.05) is 25.2 Å². The molecule has 21 heavy (non-hydrogen) atoms. The van der Waals surface area contributed by atoms with Gasteiger partial charge in [-0.15, -0.1) is 0 Å². The van der Waals surface area contributed by atoms with E-state index in [1.165, 1.54) is 0 Å². The third-order valence-corrected chi connectivity index (χ3v) is 5.83. The molecule has 0 N–H and O–H groups in total. The molecule has 0 aliphatic carbocycles. The molecule has 1 aromatic rings. The van der Waals surface area contributed by atoms with Gasteiger partial charge in [0, 0.05) is 23.8 Å². The maximum atomic E-state index is 12.8. The van der Waals surface area contributed by atoms with Crippen molar-refractivity contribution in [3.63, 3.8) is 0 Å². The van der Waals surface area contributed by atoms with Crippen LogP contribution in [0, 0.1) is 12.8 Å². The number of aryl methyl sites for hydroxylation is 1. The molecule has 114 valence electrons. The van der Waals surface area contributed by atoms with Gasteiger partial charge in [-0.3, -0.25) is 4.79 Å². The van der Waals surface area contributed by atoms with Crippen LogP contribution < -0.4 is 4.74 Å². The summed E-state index contributed by atoms with van der Waals surface area (Å²) >= 11 is 1.94. The quantitative estimate of drug-likeness (QED) is 0.801. The Morgan fingerprint density at radius 2 is 2.33 bits per heavy atom. The highest BCUT2D eigenvalue weighted by Gasteiger charge is 2.42. The predicted octanol–water partition coefficient (Wildman–Crippen LogP) is 3.49. The molecule has 0 aromatic heterocycles. The first-order chi connectivity index (χ1) is 10.1. The highest BCUT2D eigenvalue weighted by Crippen LogP contribution is 2.41. The zero-order valence-corrected chi connectivity index (χ0v) is 13.5. The summed E-state index contributed by atoms with van der Waals surface area (Å²) in [4.78, 5) is 12.8. The minimum Gasteiger partial charge on any atom is -0.496 e. The Kier molecular flexibility index (Phi) is 4.27. The lowest BCUT2D eigenvalue weighted by Gasteiger charge is -2.37. The Morgan fingerprint density at radius 1 is 1.48 bits per heavy atom. The lowest BCUT2D eigenvalue weighted by molar-refractivity contribution is -0.0734. The van der Waals surface area contributed by atoms with Crippen LogP contribution in [-0.4, -0.2) is 36.6 Å². The van der Waals surface area contributed by atoms with Crippen LogP contribution in [0.15, 0.2) is 18.2 Å². The number of carbonyl (C=O) groups is 1. The molecule has 1 spiro atoms. The second-order valence-electron chi connectivity index (χ2n) is 6.07. The van der Waals surface area contributed by atoms with E-state index in [9.17, 15) is 4.79 Å². The van der Waals surface area contributed by atoms with Gasteiger partial charge in [0.2, 0.25) is 0 Å². The Morgan fingerprint density at radius 3 is 3.00 bits per heavy atom. The number of carbonyl (C=O) groups excluding carboxylic acids is 1. The summed E-state index contributed by atoms with van der Waals surface area (Å²) in [5.74, 6) is 3.40. The van der Waals surface area contributed by atoms with Crippen LogP contribution in [0.3, 0.4) is 0 Å². The van der Waals surface area contributed by atoms with Crippen LogP contribution >= 0.6 is 11.8 Å². The number of benzene rings is 1. The normalized spacial score (nSPS) is 28.8. The molecule has 2 aliphatic rings. The SMILES string of the molecule is COc1ccc(C(=O)C2CCOC3(CCSC3)C2)cc1C. The van der Waals surface area contributed by atoms with Gasteiger partial charge < -0.3 is 9.47 Å². The highest BCUT2D eigenvalue weighted by molar-refractivity contribution is 7.99. The topological polar surface area (TPSA) is 35.5 Å². The number of hydrogen-bond donors (Lipinski definition) is 0. The van der Waals surface area contributed by atoms with Crippen LogP contribution in [-0.2, 0) is 4.74 Å². The van der Waals surface area contributed by atoms with Gasteiger partial charge in [-0.05, 0) is 55.7 Å². The summed E-state index contributed by atoms with van der Waals surface area (Å²) in [7, 11) is 1.66. The minimum absolute atomic E-state index is 0.0369. The summed E-state index contributed by atoms with van der Waals surface area (Å²) in [5, 5.41) is 0. The van der Waals surface area contributed by atoms with Crippen molar-refractivity contribution in [1.29, 1.82) is 0 Å². The molecular weight excluding hydrogens is 284 g/mol. The number of ether oxygens (including phenoxy) is 2. The van der Waals surface area contributed by atoms with Gasteiger partial charge >= 0.3 is 0 Å². The van der Waals surface area contributed by atoms with Gasteiger partial charge in [0.25, 0.3) is 0 Å². The fraction of sp³-hybridized carbons (Fsp3) is 0.588. The average Bonchev–Trinajstić information content (AvgIpc) is 2.94. The van der Waals surface area contributed by atoms with E-state index in [-0.39, 0.29) is 17.3 Å². The Labute approximate surface area is 130 Å². The predicted molar refractivity (Wildman–Crippen MR) is 85.4 cm³/mol. The van der Waals surface area contributed by atoms with Gasteiger partial charge in [-0.25, -0.2) is 0 Å². The molecule has 3 nitrogen and oxygen atoms in total. The highest BCUT2D eigenvalue weighted by atomic mass is 32.2. The van der Waals surface area contributed by atoms with E-state index in [1.54, 1.807) is 7.11 Å². The fourth-order valence-corrected chi connectivity index (χ4v) is 4.76. The first-order valence-corrected chi connectivity index (χ1v) is 8.70. The van der Waals surface area contributed by atoms with Gasteiger partial charge in [0.15, 0.2) is 5.78 Å². The second kappa shape index (κ2) is 6.01. The molecule has 3 rings (SSSR count). The summed E-state index contributed by atoms with van der Waals surface area (Å²) in [6.45, 7) is 2.70. The van der Waals surface area contributed by atoms with Crippen molar-refractivity contribution in [1.82, 2.24) is 0 Å². The van der Waals surface area contributed by atoms with Crippen molar-refractivity contribution in [2.24, 2.45) is 5.92 Å². The van der Waals surface area contributed by atoms with Gasteiger partial charge in [-0.2, -0.15) is 11.8 Å². The molecule has 2 saturated heterocycles. The third kappa shape index (κ3) is 2.97. The van der Waals surface area contributed by atoms with E-state index in [0.29, 0.717) is 6.61 Å². The summed E-state index contributed by atoms with van der Waals surface area (Å²) in [6.07, 6.45) is 2.81. The van der Waals surface area contributed by atoms with Crippen LogP contribution in [0.2, 0.25) is 0 Å². The molecule has 0 radical (unpaired) electrons. The minimum atomic E-state index is -0.0369. The maximum Gasteiger partial charge on any atom is 0.166 e. The van der Waals surface area contributed by atoms with E-state index in [0.717, 1.165) is 47.6 Å². The second-order valence-corrected chi connectivity index (χ2v) is 7.18. The first kappa shape index (κ1) is 14.9. The Balaban J connectivity index is 1.76. The zero-order chi connectivity index (χ0) is 14.9. The van der Waals surface area contributed by atoms with Gasteiger partial charge in [0.05, 0.1) is 12.7 Å². The fourth-order valence-electron chi connectivity index (χ4n) is 3.38. The number of ketones is 1. The van der Waals surface area contributed by atoms with E-state index >= 15 is 0 Å². The van der Waals surface area contributed by atoms with Crippen molar-refractivity contribution in [2.45, 2.75) is 31.8 Å².